The lowest BCUT2D eigenvalue weighted by atomic mass is 10.1. The summed E-state index contributed by atoms with van der Waals surface area (Å²) in [4.78, 5) is 24.5. The van der Waals surface area contributed by atoms with E-state index in [2.05, 4.69) is 5.32 Å². The smallest absolute Gasteiger partial charge is 0.316 e. The van der Waals surface area contributed by atoms with Gasteiger partial charge in [0.05, 0.1) is 24.3 Å². The predicted octanol–water partition coefficient (Wildman–Crippen LogP) is 3.58. The van der Waals surface area contributed by atoms with E-state index in [4.69, 9.17) is 43.2 Å². The molecular weight excluding hydrogens is 435 g/mol. The summed E-state index contributed by atoms with van der Waals surface area (Å²) < 4.78 is 11.2. The Balaban J connectivity index is 1.98. The van der Waals surface area contributed by atoms with E-state index in [1.807, 2.05) is 0 Å². The predicted molar refractivity (Wildman–Crippen MR) is 113 cm³/mol. The molecule has 10 heteroatoms. The van der Waals surface area contributed by atoms with Crippen molar-refractivity contribution in [2.24, 2.45) is 5.73 Å². The summed E-state index contributed by atoms with van der Waals surface area (Å²) >= 11 is 12.0. The van der Waals surface area contributed by atoms with Gasteiger partial charge in [-0.1, -0.05) is 23.2 Å². The van der Waals surface area contributed by atoms with Gasteiger partial charge in [-0.2, -0.15) is 0 Å². The number of anilines is 1. The Labute approximate surface area is 181 Å². The van der Waals surface area contributed by atoms with Crippen molar-refractivity contribution < 1.29 is 29.0 Å². The number of rotatable bonds is 8. The zero-order valence-electron chi connectivity index (χ0n) is 15.5. The molecule has 0 radical (unpaired) electrons. The maximum Gasteiger partial charge on any atom is 0.316 e. The molecule has 1 atom stereocenters. The number of aliphatic hydroxyl groups excluding tert-OH is 2. The van der Waals surface area contributed by atoms with Crippen LogP contribution in [0.1, 0.15) is 22.5 Å². The molecule has 5 N–H and O–H groups in total. The SMILES string of the molecule is NC(=O)Nc1c(C(=O)c2ccc(Cl)cc2Cl)oc2cc(OCC[C@H](O)CO)ccc12. The van der Waals surface area contributed by atoms with Gasteiger partial charge in [0.2, 0.25) is 5.78 Å². The molecule has 158 valence electrons. The normalized spacial score (nSPS) is 12.0. The Morgan fingerprint density at radius 3 is 2.63 bits per heavy atom. The summed E-state index contributed by atoms with van der Waals surface area (Å²) in [6.07, 6.45) is -0.642. The van der Waals surface area contributed by atoms with E-state index in [1.54, 1.807) is 12.1 Å². The summed E-state index contributed by atoms with van der Waals surface area (Å²) in [5, 5.41) is 21.6. The minimum Gasteiger partial charge on any atom is -0.493 e. The van der Waals surface area contributed by atoms with Crippen molar-refractivity contribution in [2.75, 3.05) is 18.5 Å². The molecule has 1 aromatic heterocycles. The number of amides is 2. The van der Waals surface area contributed by atoms with Crippen LogP contribution in [0.15, 0.2) is 40.8 Å². The second kappa shape index (κ2) is 9.36. The first-order valence-electron chi connectivity index (χ1n) is 8.84. The molecule has 0 bridgehead atoms. The lowest BCUT2D eigenvalue weighted by molar-refractivity contribution is 0.0754. The number of nitrogens with two attached hydrogens (primary N) is 1. The summed E-state index contributed by atoms with van der Waals surface area (Å²) in [7, 11) is 0. The number of carbonyl (C=O) groups excluding carboxylic acids is 2. The van der Waals surface area contributed by atoms with Crippen molar-refractivity contribution in [2.45, 2.75) is 12.5 Å². The van der Waals surface area contributed by atoms with Gasteiger partial charge in [0, 0.05) is 28.5 Å². The van der Waals surface area contributed by atoms with Crippen LogP contribution in [-0.4, -0.2) is 41.3 Å². The fourth-order valence-corrected chi connectivity index (χ4v) is 3.27. The van der Waals surface area contributed by atoms with Crippen molar-refractivity contribution in [3.05, 3.63) is 57.8 Å². The molecule has 0 aliphatic carbocycles. The van der Waals surface area contributed by atoms with Crippen molar-refractivity contribution >= 4 is 51.7 Å². The van der Waals surface area contributed by atoms with Gasteiger partial charge in [-0.15, -0.1) is 0 Å². The quantitative estimate of drug-likeness (QED) is 0.385. The molecule has 30 heavy (non-hydrogen) atoms. The molecule has 2 aromatic carbocycles. The molecule has 0 spiro atoms. The maximum atomic E-state index is 13.0. The first-order valence-corrected chi connectivity index (χ1v) is 9.60. The monoisotopic (exact) mass is 452 g/mol. The summed E-state index contributed by atoms with van der Waals surface area (Å²) in [6, 6.07) is 8.26. The first kappa shape index (κ1) is 21.9. The second-order valence-electron chi connectivity index (χ2n) is 6.38. The molecule has 0 saturated carbocycles. The lowest BCUT2D eigenvalue weighted by Crippen LogP contribution is -2.20. The minimum absolute atomic E-state index is 0.107. The number of urea groups is 1. The van der Waals surface area contributed by atoms with Gasteiger partial charge < -0.3 is 30.4 Å². The van der Waals surface area contributed by atoms with E-state index in [0.29, 0.717) is 16.2 Å². The Bertz CT molecular complexity index is 1100. The van der Waals surface area contributed by atoms with E-state index in [-0.39, 0.29) is 47.3 Å². The van der Waals surface area contributed by atoms with Crippen molar-refractivity contribution in [1.82, 2.24) is 0 Å². The van der Waals surface area contributed by atoms with Gasteiger partial charge in [0.25, 0.3) is 0 Å². The fraction of sp³-hybridized carbons (Fsp3) is 0.200. The van der Waals surface area contributed by atoms with Crippen LogP contribution in [0.25, 0.3) is 11.0 Å². The van der Waals surface area contributed by atoms with Gasteiger partial charge in [-0.25, -0.2) is 4.79 Å². The van der Waals surface area contributed by atoms with Crippen LogP contribution in [0.3, 0.4) is 0 Å². The molecule has 0 saturated heterocycles. The van der Waals surface area contributed by atoms with E-state index < -0.39 is 17.9 Å². The Morgan fingerprint density at radius 1 is 1.20 bits per heavy atom. The number of primary amides is 1. The zero-order chi connectivity index (χ0) is 21.8. The molecular formula is C20H18Cl2N2O6. The van der Waals surface area contributed by atoms with Gasteiger partial charge in [0.1, 0.15) is 17.0 Å². The topological polar surface area (TPSA) is 135 Å². The van der Waals surface area contributed by atoms with Gasteiger partial charge in [0.15, 0.2) is 5.76 Å². The first-order chi connectivity index (χ1) is 14.3. The zero-order valence-corrected chi connectivity index (χ0v) is 17.0. The number of hydrogen-bond acceptors (Lipinski definition) is 6. The number of fused-ring (bicyclic) bond motifs is 1. The summed E-state index contributed by atoms with van der Waals surface area (Å²) in [5.41, 5.74) is 5.77. The third-order valence-electron chi connectivity index (χ3n) is 4.22. The average molecular weight is 453 g/mol. The molecule has 3 rings (SSSR count). The maximum absolute atomic E-state index is 13.0. The molecule has 1 heterocycles. The number of ketones is 1. The third kappa shape index (κ3) is 4.85. The molecule has 8 nitrogen and oxygen atoms in total. The summed E-state index contributed by atoms with van der Waals surface area (Å²) in [5.74, 6) is -0.304. The van der Waals surface area contributed by atoms with Gasteiger partial charge in [-0.3, -0.25) is 4.79 Å². The highest BCUT2D eigenvalue weighted by Gasteiger charge is 2.25. The molecule has 0 aliphatic rings. The van der Waals surface area contributed by atoms with E-state index >= 15 is 0 Å². The van der Waals surface area contributed by atoms with Crippen molar-refractivity contribution in [3.8, 4) is 5.75 Å². The molecule has 0 aliphatic heterocycles. The molecule has 0 unspecified atom stereocenters. The number of carbonyl (C=O) groups is 2. The standard InChI is InChI=1S/C20H18Cl2N2O6/c21-10-1-3-13(15(22)7-10)18(27)19-17(24-20(23)28)14-4-2-12(8-16(14)30-19)29-6-5-11(26)9-25/h1-4,7-8,11,25-26H,5-6,9H2,(H3,23,24,28)/t11-/m0/s1. The minimum atomic E-state index is -0.878. The molecule has 3 aromatic rings. The molecule has 0 fully saturated rings. The number of benzene rings is 2. The average Bonchev–Trinajstić information content (AvgIpc) is 3.04. The van der Waals surface area contributed by atoms with Crippen molar-refractivity contribution in [3.63, 3.8) is 0 Å². The van der Waals surface area contributed by atoms with Crippen LogP contribution in [0.4, 0.5) is 10.5 Å². The van der Waals surface area contributed by atoms with Crippen molar-refractivity contribution in [1.29, 1.82) is 0 Å². The highest BCUT2D eigenvalue weighted by molar-refractivity contribution is 6.37. The van der Waals surface area contributed by atoms with Gasteiger partial charge >= 0.3 is 6.03 Å². The number of furan rings is 1. The van der Waals surface area contributed by atoms with E-state index in [9.17, 15) is 14.7 Å². The third-order valence-corrected chi connectivity index (χ3v) is 4.77. The largest absolute Gasteiger partial charge is 0.493 e. The van der Waals surface area contributed by atoms with Crippen LogP contribution in [0.2, 0.25) is 10.0 Å². The van der Waals surface area contributed by atoms with Crippen LogP contribution >= 0.6 is 23.2 Å². The van der Waals surface area contributed by atoms with Crippen LogP contribution in [-0.2, 0) is 0 Å². The number of nitrogens with one attached hydrogen (secondary N) is 1. The number of hydrogen-bond donors (Lipinski definition) is 4. The summed E-state index contributed by atoms with van der Waals surface area (Å²) in [6.45, 7) is -0.200. The van der Waals surface area contributed by atoms with Gasteiger partial charge in [-0.05, 0) is 30.3 Å². The van der Waals surface area contributed by atoms with E-state index in [1.165, 1.54) is 24.3 Å². The van der Waals surface area contributed by atoms with Crippen LogP contribution < -0.4 is 15.8 Å². The van der Waals surface area contributed by atoms with Crippen LogP contribution in [0.5, 0.6) is 5.75 Å². The Morgan fingerprint density at radius 2 is 1.97 bits per heavy atom. The second-order valence-corrected chi connectivity index (χ2v) is 7.22. The lowest BCUT2D eigenvalue weighted by Gasteiger charge is -2.09. The number of halogens is 2. The highest BCUT2D eigenvalue weighted by Crippen LogP contribution is 2.36. The Hall–Kier alpha value is -2.78. The highest BCUT2D eigenvalue weighted by atomic mass is 35.5. The van der Waals surface area contributed by atoms with Crippen LogP contribution in [0, 0.1) is 0 Å². The fourth-order valence-electron chi connectivity index (χ4n) is 2.77. The Kier molecular flexibility index (Phi) is 6.84. The van der Waals surface area contributed by atoms with E-state index in [0.717, 1.165) is 0 Å². The molecule has 2 amide bonds. The number of ether oxygens (including phenoxy) is 1. The number of aliphatic hydroxyl groups is 2.